The molecule has 0 bridgehead atoms. The molecule has 1 atom stereocenters. The first-order chi connectivity index (χ1) is 15.9. The van der Waals surface area contributed by atoms with Gasteiger partial charge in [-0.25, -0.2) is 8.42 Å². The molecule has 0 saturated carbocycles. The lowest BCUT2D eigenvalue weighted by atomic mass is 10.1. The van der Waals surface area contributed by atoms with Gasteiger partial charge in [0.25, 0.3) is 0 Å². The lowest BCUT2D eigenvalue weighted by Gasteiger charge is -2.24. The normalized spacial score (nSPS) is 12.4. The minimum absolute atomic E-state index is 0.156. The number of sulfonamides is 1. The molecule has 9 heteroatoms. The number of aromatic amines is 1. The molecule has 0 saturated heterocycles. The fraction of sp³-hybridized carbons (Fsp3) is 0.333. The van der Waals surface area contributed by atoms with Gasteiger partial charge in [-0.15, -0.1) is 0 Å². The van der Waals surface area contributed by atoms with Crippen molar-refractivity contribution in [3.05, 3.63) is 72.4 Å². The summed E-state index contributed by atoms with van der Waals surface area (Å²) in [5.74, 6) is 0.455. The van der Waals surface area contributed by atoms with Crippen molar-refractivity contribution in [2.75, 3.05) is 25.6 Å². The monoisotopic (exact) mass is 486 g/mol. The number of nitrogens with one attached hydrogen (secondary N) is 2. The molecule has 1 heterocycles. The highest BCUT2D eigenvalue weighted by Gasteiger charge is 2.27. The molecule has 176 valence electrons. The Hall–Kier alpha value is -2.62. The zero-order valence-corrected chi connectivity index (χ0v) is 20.5. The number of aryl methyl sites for hydroxylation is 1. The van der Waals surface area contributed by atoms with E-state index in [0.29, 0.717) is 18.7 Å². The van der Waals surface area contributed by atoms with Crippen molar-refractivity contribution in [3.63, 3.8) is 0 Å². The van der Waals surface area contributed by atoms with E-state index < -0.39 is 16.1 Å². The van der Waals surface area contributed by atoms with Crippen molar-refractivity contribution in [3.8, 4) is 11.3 Å². The van der Waals surface area contributed by atoms with Gasteiger partial charge in [0, 0.05) is 24.8 Å². The van der Waals surface area contributed by atoms with Gasteiger partial charge in [-0.1, -0.05) is 48.5 Å². The summed E-state index contributed by atoms with van der Waals surface area (Å²) in [6.45, 7) is 0.515. The van der Waals surface area contributed by atoms with Crippen LogP contribution in [0.3, 0.4) is 0 Å². The first kappa shape index (κ1) is 25.0. The molecular formula is C24H30N4O3S2. The molecule has 0 aliphatic rings. The van der Waals surface area contributed by atoms with Crippen LogP contribution in [-0.4, -0.2) is 61.1 Å². The Kier molecular flexibility index (Phi) is 9.11. The summed E-state index contributed by atoms with van der Waals surface area (Å²) in [4.78, 5) is 14.8. The van der Waals surface area contributed by atoms with E-state index >= 15 is 0 Å². The maximum atomic E-state index is 13.1. The van der Waals surface area contributed by atoms with Crippen LogP contribution in [0.15, 0.2) is 71.6 Å². The molecule has 2 N–H and O–H groups in total. The van der Waals surface area contributed by atoms with Gasteiger partial charge in [0.2, 0.25) is 15.9 Å². The zero-order chi connectivity index (χ0) is 23.7. The second-order valence-electron chi connectivity index (χ2n) is 7.78. The number of benzene rings is 2. The van der Waals surface area contributed by atoms with Crippen molar-refractivity contribution in [2.45, 2.75) is 30.2 Å². The molecule has 2 aromatic carbocycles. The summed E-state index contributed by atoms with van der Waals surface area (Å²) in [6, 6.07) is 19.3. The maximum absolute atomic E-state index is 13.1. The predicted molar refractivity (Wildman–Crippen MR) is 134 cm³/mol. The Morgan fingerprint density at radius 2 is 1.79 bits per heavy atom. The number of likely N-dealkylation sites (N-methyl/N-ethyl adjacent to an activating group) is 1. The van der Waals surface area contributed by atoms with Gasteiger partial charge in [0.15, 0.2) is 0 Å². The number of thioether (sulfide) groups is 1. The summed E-state index contributed by atoms with van der Waals surface area (Å²) in [5.41, 5.74) is 2.94. The van der Waals surface area contributed by atoms with E-state index in [1.807, 2.05) is 42.7 Å². The van der Waals surface area contributed by atoms with Crippen LogP contribution in [0.1, 0.15) is 18.5 Å². The van der Waals surface area contributed by atoms with Crippen LogP contribution in [0.25, 0.3) is 11.3 Å². The first-order valence-electron chi connectivity index (χ1n) is 10.8. The van der Waals surface area contributed by atoms with Crippen molar-refractivity contribution < 1.29 is 13.2 Å². The van der Waals surface area contributed by atoms with Gasteiger partial charge in [-0.2, -0.15) is 21.6 Å². The number of H-pyrrole nitrogens is 1. The second kappa shape index (κ2) is 12.0. The average Bonchev–Trinajstić information content (AvgIpc) is 3.31. The van der Waals surface area contributed by atoms with Crippen molar-refractivity contribution in [1.82, 2.24) is 19.8 Å². The number of hydrogen-bond acceptors (Lipinski definition) is 5. The minimum atomic E-state index is -3.78. The Labute approximate surface area is 200 Å². The molecule has 0 fully saturated rings. The molecule has 1 amide bonds. The van der Waals surface area contributed by atoms with E-state index in [9.17, 15) is 13.2 Å². The van der Waals surface area contributed by atoms with Crippen LogP contribution >= 0.6 is 11.8 Å². The first-order valence-corrected chi connectivity index (χ1v) is 13.7. The standard InChI is InChI=1S/C24H30N4O3S2/c1-28(16-9-12-20-18-23(26-25-20)19-10-5-3-6-11-19)24(29)22(15-17-32-2)27-33(30,31)21-13-7-4-8-14-21/h3-8,10-11,13-14,18,22,27H,9,12,15-17H2,1-2H3,(H,25,26). The second-order valence-corrected chi connectivity index (χ2v) is 10.5. The summed E-state index contributed by atoms with van der Waals surface area (Å²) in [5, 5.41) is 7.43. The fourth-order valence-electron chi connectivity index (χ4n) is 3.45. The lowest BCUT2D eigenvalue weighted by molar-refractivity contribution is -0.131. The zero-order valence-electron chi connectivity index (χ0n) is 18.9. The number of amides is 1. The van der Waals surface area contributed by atoms with Gasteiger partial charge < -0.3 is 4.90 Å². The molecule has 0 aliphatic heterocycles. The van der Waals surface area contributed by atoms with E-state index in [0.717, 1.165) is 29.8 Å². The third-order valence-corrected chi connectivity index (χ3v) is 7.41. The summed E-state index contributed by atoms with van der Waals surface area (Å²) < 4.78 is 28.1. The molecule has 33 heavy (non-hydrogen) atoms. The van der Waals surface area contributed by atoms with Gasteiger partial charge in [-0.05, 0) is 49.5 Å². The summed E-state index contributed by atoms with van der Waals surface area (Å²) in [6.07, 6.45) is 3.84. The summed E-state index contributed by atoms with van der Waals surface area (Å²) >= 11 is 1.58. The van der Waals surface area contributed by atoms with E-state index in [-0.39, 0.29) is 10.8 Å². The van der Waals surface area contributed by atoms with Crippen LogP contribution < -0.4 is 4.72 Å². The topological polar surface area (TPSA) is 95.2 Å². The van der Waals surface area contributed by atoms with Crippen molar-refractivity contribution in [2.24, 2.45) is 0 Å². The lowest BCUT2D eigenvalue weighted by Crippen LogP contribution is -2.47. The average molecular weight is 487 g/mol. The minimum Gasteiger partial charge on any atom is -0.344 e. The van der Waals surface area contributed by atoms with Gasteiger partial charge in [0.1, 0.15) is 6.04 Å². The largest absolute Gasteiger partial charge is 0.344 e. The van der Waals surface area contributed by atoms with Gasteiger partial charge >= 0.3 is 0 Å². The Morgan fingerprint density at radius 3 is 2.45 bits per heavy atom. The van der Waals surface area contributed by atoms with E-state index in [1.165, 1.54) is 12.1 Å². The van der Waals surface area contributed by atoms with E-state index in [4.69, 9.17) is 0 Å². The fourth-order valence-corrected chi connectivity index (χ4v) is 5.17. The van der Waals surface area contributed by atoms with E-state index in [1.54, 1.807) is 41.9 Å². The van der Waals surface area contributed by atoms with Gasteiger partial charge in [-0.3, -0.25) is 9.89 Å². The number of aromatic nitrogens is 2. The third kappa shape index (κ3) is 7.18. The molecule has 1 unspecified atom stereocenters. The summed E-state index contributed by atoms with van der Waals surface area (Å²) in [7, 11) is -2.06. The Bertz CT molecular complexity index is 1120. The number of carbonyl (C=O) groups is 1. The quantitative estimate of drug-likeness (QED) is 0.408. The number of carbonyl (C=O) groups excluding carboxylic acids is 1. The number of hydrogen-bond donors (Lipinski definition) is 2. The molecule has 1 aromatic heterocycles. The predicted octanol–water partition coefficient (Wildman–Crippen LogP) is 3.57. The Morgan fingerprint density at radius 1 is 1.12 bits per heavy atom. The molecular weight excluding hydrogens is 456 g/mol. The maximum Gasteiger partial charge on any atom is 0.241 e. The van der Waals surface area contributed by atoms with E-state index in [2.05, 4.69) is 14.9 Å². The van der Waals surface area contributed by atoms with Crippen molar-refractivity contribution in [1.29, 1.82) is 0 Å². The third-order valence-electron chi connectivity index (χ3n) is 5.28. The smallest absolute Gasteiger partial charge is 0.241 e. The highest BCUT2D eigenvalue weighted by Crippen LogP contribution is 2.18. The number of nitrogens with zero attached hydrogens (tertiary/aromatic N) is 2. The SMILES string of the molecule is CSCCC(NS(=O)(=O)c1ccccc1)C(=O)N(C)CCCc1cc(-c2ccccc2)n[nH]1. The molecule has 3 aromatic rings. The molecule has 0 spiro atoms. The van der Waals surface area contributed by atoms with Crippen LogP contribution in [0.4, 0.5) is 0 Å². The molecule has 7 nitrogen and oxygen atoms in total. The van der Waals surface area contributed by atoms with Gasteiger partial charge in [0.05, 0.1) is 10.6 Å². The highest BCUT2D eigenvalue weighted by molar-refractivity contribution is 7.98. The van der Waals surface area contributed by atoms with Crippen LogP contribution in [0, 0.1) is 0 Å². The molecule has 0 aliphatic carbocycles. The van der Waals surface area contributed by atoms with Crippen LogP contribution in [0.2, 0.25) is 0 Å². The highest BCUT2D eigenvalue weighted by atomic mass is 32.2. The van der Waals surface area contributed by atoms with Crippen LogP contribution in [0.5, 0.6) is 0 Å². The van der Waals surface area contributed by atoms with Crippen molar-refractivity contribution >= 4 is 27.7 Å². The Balaban J connectivity index is 1.57. The van der Waals surface area contributed by atoms with Crippen LogP contribution in [-0.2, 0) is 21.2 Å². The molecule has 0 radical (unpaired) electrons. The molecule has 3 rings (SSSR count). The number of rotatable bonds is 12.